The molecule has 25 heavy (non-hydrogen) atoms. The van der Waals surface area contributed by atoms with E-state index in [2.05, 4.69) is 26.1 Å². The molecule has 0 unspecified atom stereocenters. The van der Waals surface area contributed by atoms with Crippen LogP contribution in [0, 0.1) is 0 Å². The molecule has 0 radical (unpaired) electrons. The maximum Gasteiger partial charge on any atom is 0.229 e. The minimum atomic E-state index is -0.0983. The first-order chi connectivity index (χ1) is 11.9. The highest BCUT2D eigenvalue weighted by Gasteiger charge is 2.21. The molecule has 0 aliphatic rings. The molecule has 0 aliphatic heterocycles. The lowest BCUT2D eigenvalue weighted by Gasteiger charge is -2.14. The van der Waals surface area contributed by atoms with Gasteiger partial charge in [-0.3, -0.25) is 4.79 Å². The second-order valence-electron chi connectivity index (χ2n) is 7.12. The molecule has 0 atom stereocenters. The third-order valence-corrected chi connectivity index (χ3v) is 3.95. The fraction of sp³-hybridized carbons (Fsp3) is 0.238. The highest BCUT2D eigenvalue weighted by atomic mass is 16.1. The molecule has 0 spiro atoms. The van der Waals surface area contributed by atoms with Gasteiger partial charge in [0.1, 0.15) is 5.82 Å². The molecule has 0 saturated heterocycles. The Balaban J connectivity index is 1.89. The lowest BCUT2D eigenvalue weighted by atomic mass is 9.92. The van der Waals surface area contributed by atoms with Crippen LogP contribution in [0.15, 0.2) is 66.7 Å². The number of rotatable bonds is 4. The number of nitrogens with zero attached hydrogens (tertiary/aromatic N) is 2. The van der Waals surface area contributed by atoms with E-state index in [1.807, 2.05) is 66.7 Å². The Labute approximate surface area is 148 Å². The summed E-state index contributed by atoms with van der Waals surface area (Å²) in [5.74, 6) is 0.640. The van der Waals surface area contributed by atoms with Crippen molar-refractivity contribution in [1.29, 1.82) is 0 Å². The third-order valence-electron chi connectivity index (χ3n) is 3.95. The van der Waals surface area contributed by atoms with Crippen LogP contribution in [0.5, 0.6) is 0 Å². The van der Waals surface area contributed by atoms with Crippen molar-refractivity contribution >= 4 is 11.7 Å². The minimum absolute atomic E-state index is 0.0521. The van der Waals surface area contributed by atoms with Gasteiger partial charge < -0.3 is 5.32 Å². The fourth-order valence-corrected chi connectivity index (χ4v) is 2.57. The van der Waals surface area contributed by atoms with E-state index in [4.69, 9.17) is 5.10 Å². The van der Waals surface area contributed by atoms with Crippen LogP contribution < -0.4 is 5.32 Å². The lowest BCUT2D eigenvalue weighted by Crippen LogP contribution is -2.17. The molecule has 2 aromatic carbocycles. The SMILES string of the molecule is CC(C)(C)c1cc(NC(=O)Cc2ccccc2)n(-c2ccccc2)n1. The van der Waals surface area contributed by atoms with E-state index in [0.717, 1.165) is 16.9 Å². The lowest BCUT2D eigenvalue weighted by molar-refractivity contribution is -0.115. The number of benzene rings is 2. The van der Waals surface area contributed by atoms with Crippen LogP contribution in [0.3, 0.4) is 0 Å². The Kier molecular flexibility index (Phi) is 4.70. The maximum absolute atomic E-state index is 12.5. The Bertz CT molecular complexity index is 846. The summed E-state index contributed by atoms with van der Waals surface area (Å²) < 4.78 is 1.80. The molecule has 0 bridgehead atoms. The zero-order valence-corrected chi connectivity index (χ0v) is 14.9. The first-order valence-electron chi connectivity index (χ1n) is 8.43. The number of carbonyl (C=O) groups is 1. The van der Waals surface area contributed by atoms with E-state index >= 15 is 0 Å². The highest BCUT2D eigenvalue weighted by Crippen LogP contribution is 2.26. The zero-order valence-electron chi connectivity index (χ0n) is 14.9. The van der Waals surface area contributed by atoms with Gasteiger partial charge in [-0.05, 0) is 17.7 Å². The van der Waals surface area contributed by atoms with Crippen LogP contribution in [0.4, 0.5) is 5.82 Å². The Morgan fingerprint density at radius 2 is 1.60 bits per heavy atom. The molecule has 128 valence electrons. The van der Waals surface area contributed by atoms with E-state index in [1.165, 1.54) is 0 Å². The smallest absolute Gasteiger partial charge is 0.229 e. The molecule has 0 aliphatic carbocycles. The normalized spacial score (nSPS) is 11.3. The summed E-state index contributed by atoms with van der Waals surface area (Å²) >= 11 is 0. The molecule has 1 heterocycles. The zero-order chi connectivity index (χ0) is 17.9. The number of hydrogen-bond donors (Lipinski definition) is 1. The standard InChI is InChI=1S/C21H23N3O/c1-21(2,3)18-15-19(24(23-18)17-12-8-5-9-13-17)22-20(25)14-16-10-6-4-7-11-16/h4-13,15H,14H2,1-3H3,(H,22,25). The van der Waals surface area contributed by atoms with Crippen LogP contribution >= 0.6 is 0 Å². The van der Waals surface area contributed by atoms with Crippen molar-refractivity contribution in [1.82, 2.24) is 9.78 Å². The van der Waals surface area contributed by atoms with Crippen LogP contribution in [-0.2, 0) is 16.6 Å². The van der Waals surface area contributed by atoms with Gasteiger partial charge in [-0.25, -0.2) is 4.68 Å². The van der Waals surface area contributed by atoms with Crippen molar-refractivity contribution < 1.29 is 4.79 Å². The number of aromatic nitrogens is 2. The van der Waals surface area contributed by atoms with Crippen molar-refractivity contribution in [2.45, 2.75) is 32.6 Å². The Morgan fingerprint density at radius 3 is 2.20 bits per heavy atom. The van der Waals surface area contributed by atoms with E-state index in [9.17, 15) is 4.79 Å². The maximum atomic E-state index is 12.5. The van der Waals surface area contributed by atoms with Gasteiger partial charge in [0.25, 0.3) is 0 Å². The second-order valence-corrected chi connectivity index (χ2v) is 7.12. The molecular formula is C21H23N3O. The van der Waals surface area contributed by atoms with Crippen LogP contribution in [0.1, 0.15) is 32.0 Å². The van der Waals surface area contributed by atoms with Gasteiger partial charge in [0.05, 0.1) is 17.8 Å². The monoisotopic (exact) mass is 333 g/mol. The minimum Gasteiger partial charge on any atom is -0.310 e. The Morgan fingerprint density at radius 1 is 1.00 bits per heavy atom. The molecule has 4 heteroatoms. The van der Waals surface area contributed by atoms with Gasteiger partial charge in [0, 0.05) is 11.5 Å². The van der Waals surface area contributed by atoms with Crippen molar-refractivity contribution in [3.05, 3.63) is 78.0 Å². The Hall–Kier alpha value is -2.88. The molecule has 1 aromatic heterocycles. The van der Waals surface area contributed by atoms with Gasteiger partial charge in [-0.1, -0.05) is 69.3 Å². The molecule has 1 amide bonds. The van der Waals surface area contributed by atoms with Crippen LogP contribution in [-0.4, -0.2) is 15.7 Å². The summed E-state index contributed by atoms with van der Waals surface area (Å²) in [5, 5.41) is 7.73. The first-order valence-corrected chi connectivity index (χ1v) is 8.43. The summed E-state index contributed by atoms with van der Waals surface area (Å²) in [5.41, 5.74) is 2.75. The van der Waals surface area contributed by atoms with Crippen LogP contribution in [0.2, 0.25) is 0 Å². The summed E-state index contributed by atoms with van der Waals surface area (Å²) in [7, 11) is 0. The molecule has 3 aromatic rings. The van der Waals surface area contributed by atoms with Gasteiger partial charge >= 0.3 is 0 Å². The third kappa shape index (κ3) is 4.15. The van der Waals surface area contributed by atoms with E-state index in [1.54, 1.807) is 4.68 Å². The summed E-state index contributed by atoms with van der Waals surface area (Å²) in [6.07, 6.45) is 0.339. The quantitative estimate of drug-likeness (QED) is 0.771. The predicted octanol–water partition coefficient (Wildman–Crippen LogP) is 4.35. The topological polar surface area (TPSA) is 46.9 Å². The van der Waals surface area contributed by atoms with Gasteiger partial charge in [-0.2, -0.15) is 5.10 Å². The number of carbonyl (C=O) groups excluding carboxylic acids is 1. The number of hydrogen-bond acceptors (Lipinski definition) is 2. The van der Waals surface area contributed by atoms with Gasteiger partial charge in [-0.15, -0.1) is 0 Å². The second kappa shape index (κ2) is 6.93. The molecule has 0 fully saturated rings. The summed E-state index contributed by atoms with van der Waals surface area (Å²) in [6, 6.07) is 21.5. The summed E-state index contributed by atoms with van der Waals surface area (Å²) in [6.45, 7) is 6.33. The summed E-state index contributed by atoms with van der Waals surface area (Å²) in [4.78, 5) is 12.5. The van der Waals surface area contributed by atoms with Crippen molar-refractivity contribution in [2.24, 2.45) is 0 Å². The van der Waals surface area contributed by atoms with E-state index in [-0.39, 0.29) is 11.3 Å². The van der Waals surface area contributed by atoms with Crippen molar-refractivity contribution in [2.75, 3.05) is 5.32 Å². The molecule has 4 nitrogen and oxygen atoms in total. The molecule has 3 rings (SSSR count). The van der Waals surface area contributed by atoms with Gasteiger partial charge in [0.15, 0.2) is 0 Å². The number of para-hydroxylation sites is 1. The molecular weight excluding hydrogens is 310 g/mol. The van der Waals surface area contributed by atoms with Crippen LogP contribution in [0.25, 0.3) is 5.69 Å². The largest absolute Gasteiger partial charge is 0.310 e. The van der Waals surface area contributed by atoms with E-state index in [0.29, 0.717) is 12.2 Å². The number of anilines is 1. The first kappa shape index (κ1) is 17.0. The van der Waals surface area contributed by atoms with E-state index < -0.39 is 0 Å². The van der Waals surface area contributed by atoms with Crippen molar-refractivity contribution in [3.8, 4) is 5.69 Å². The highest BCUT2D eigenvalue weighted by molar-refractivity contribution is 5.91. The average molecular weight is 333 g/mol. The molecule has 1 N–H and O–H groups in total. The number of amides is 1. The molecule has 0 saturated carbocycles. The fourth-order valence-electron chi connectivity index (χ4n) is 2.57. The van der Waals surface area contributed by atoms with Crippen molar-refractivity contribution in [3.63, 3.8) is 0 Å². The predicted molar refractivity (Wildman–Crippen MR) is 101 cm³/mol. The van der Waals surface area contributed by atoms with Gasteiger partial charge in [0.2, 0.25) is 5.91 Å². The average Bonchev–Trinajstić information content (AvgIpc) is 3.00. The number of nitrogens with one attached hydrogen (secondary N) is 1.